The Labute approximate surface area is 102 Å². The first-order valence-electron chi connectivity index (χ1n) is 6.53. The molecule has 0 aromatic heterocycles. The predicted octanol–water partition coefficient (Wildman–Crippen LogP) is 2.03. The summed E-state index contributed by atoms with van der Waals surface area (Å²) in [5.74, 6) is -0.839. The van der Waals surface area contributed by atoms with E-state index in [1.807, 2.05) is 6.92 Å². The minimum absolute atomic E-state index is 0.0539. The third-order valence-electron chi connectivity index (χ3n) is 4.31. The van der Waals surface area contributed by atoms with Gasteiger partial charge in [0.2, 0.25) is 5.91 Å². The van der Waals surface area contributed by atoms with Crippen molar-refractivity contribution in [1.29, 1.82) is 0 Å². The normalized spacial score (nSPS) is 33.2. The van der Waals surface area contributed by atoms with E-state index in [-0.39, 0.29) is 17.9 Å². The first-order chi connectivity index (χ1) is 8.00. The highest BCUT2D eigenvalue weighted by atomic mass is 16.4. The molecular formula is C13H21NO3. The van der Waals surface area contributed by atoms with Gasteiger partial charge in [0.1, 0.15) is 5.54 Å². The summed E-state index contributed by atoms with van der Waals surface area (Å²) in [5.41, 5.74) is -0.939. The van der Waals surface area contributed by atoms with Crippen LogP contribution in [0.2, 0.25) is 0 Å². The summed E-state index contributed by atoms with van der Waals surface area (Å²) in [6.07, 6.45) is 5.42. The summed E-state index contributed by atoms with van der Waals surface area (Å²) in [4.78, 5) is 25.3. The Hall–Kier alpha value is -1.06. The first kappa shape index (κ1) is 12.4. The van der Waals surface area contributed by atoms with Crippen molar-refractivity contribution < 1.29 is 14.7 Å². The minimum atomic E-state index is -0.939. The van der Waals surface area contributed by atoms with E-state index in [9.17, 15) is 14.7 Å². The summed E-state index contributed by atoms with van der Waals surface area (Å²) >= 11 is 0. The highest BCUT2D eigenvalue weighted by Crippen LogP contribution is 2.44. The molecule has 0 aromatic carbocycles. The zero-order valence-corrected chi connectivity index (χ0v) is 10.6. The van der Waals surface area contributed by atoms with E-state index in [2.05, 4.69) is 0 Å². The smallest absolute Gasteiger partial charge is 0.329 e. The molecule has 2 unspecified atom stereocenters. The number of aliphatic carboxylic acids is 1. The predicted molar refractivity (Wildman–Crippen MR) is 63.5 cm³/mol. The molecule has 96 valence electrons. The fraction of sp³-hybridized carbons (Fsp3) is 0.846. The van der Waals surface area contributed by atoms with Gasteiger partial charge in [-0.05, 0) is 31.6 Å². The van der Waals surface area contributed by atoms with Gasteiger partial charge in [0.05, 0.1) is 0 Å². The molecule has 0 spiro atoms. The van der Waals surface area contributed by atoms with Crippen molar-refractivity contribution in [1.82, 2.24) is 4.90 Å². The number of nitrogens with zero attached hydrogens (tertiary/aromatic N) is 1. The van der Waals surface area contributed by atoms with E-state index >= 15 is 0 Å². The van der Waals surface area contributed by atoms with Crippen molar-refractivity contribution in [2.75, 3.05) is 0 Å². The van der Waals surface area contributed by atoms with Crippen LogP contribution in [-0.4, -0.2) is 33.5 Å². The molecule has 2 atom stereocenters. The summed E-state index contributed by atoms with van der Waals surface area (Å²) in [6.45, 7) is 3.48. The van der Waals surface area contributed by atoms with E-state index in [1.54, 1.807) is 4.90 Å². The molecule has 0 aromatic rings. The molecule has 0 saturated heterocycles. The second-order valence-electron chi connectivity index (χ2n) is 5.50. The van der Waals surface area contributed by atoms with Gasteiger partial charge in [0, 0.05) is 13.0 Å². The highest BCUT2D eigenvalue weighted by molar-refractivity contribution is 5.87. The highest BCUT2D eigenvalue weighted by Gasteiger charge is 2.54. The van der Waals surface area contributed by atoms with E-state index in [0.29, 0.717) is 6.42 Å². The van der Waals surface area contributed by atoms with Gasteiger partial charge < -0.3 is 10.0 Å². The quantitative estimate of drug-likeness (QED) is 0.819. The lowest BCUT2D eigenvalue weighted by Gasteiger charge is -2.47. The van der Waals surface area contributed by atoms with Crippen molar-refractivity contribution >= 4 is 11.9 Å². The summed E-state index contributed by atoms with van der Waals surface area (Å²) in [7, 11) is 0. The molecule has 0 bridgehead atoms. The van der Waals surface area contributed by atoms with Gasteiger partial charge in [-0.1, -0.05) is 19.8 Å². The maximum atomic E-state index is 11.8. The van der Waals surface area contributed by atoms with Gasteiger partial charge in [0.15, 0.2) is 0 Å². The molecule has 0 heterocycles. The van der Waals surface area contributed by atoms with Crippen LogP contribution in [0.1, 0.15) is 52.4 Å². The number of carboxylic acid groups (broad SMARTS) is 1. The van der Waals surface area contributed by atoms with Crippen LogP contribution < -0.4 is 0 Å². The summed E-state index contributed by atoms with van der Waals surface area (Å²) < 4.78 is 0. The Balaban J connectivity index is 2.37. The van der Waals surface area contributed by atoms with Crippen molar-refractivity contribution in [3.05, 3.63) is 0 Å². The zero-order chi connectivity index (χ0) is 12.6. The lowest BCUT2D eigenvalue weighted by Crippen LogP contribution is -2.62. The van der Waals surface area contributed by atoms with Gasteiger partial charge >= 0.3 is 5.97 Å². The number of hydrogen-bond donors (Lipinski definition) is 1. The number of carbonyl (C=O) groups excluding carboxylic acids is 1. The van der Waals surface area contributed by atoms with Crippen LogP contribution in [-0.2, 0) is 9.59 Å². The van der Waals surface area contributed by atoms with Gasteiger partial charge in [0.25, 0.3) is 0 Å². The fourth-order valence-corrected chi connectivity index (χ4v) is 3.31. The van der Waals surface area contributed by atoms with Crippen LogP contribution in [0.25, 0.3) is 0 Å². The Morgan fingerprint density at radius 3 is 2.29 bits per heavy atom. The van der Waals surface area contributed by atoms with Crippen molar-refractivity contribution in [2.45, 2.75) is 64.0 Å². The molecule has 2 saturated carbocycles. The molecule has 0 aliphatic heterocycles. The van der Waals surface area contributed by atoms with Gasteiger partial charge in [-0.25, -0.2) is 4.79 Å². The van der Waals surface area contributed by atoms with Crippen LogP contribution in [0.5, 0.6) is 0 Å². The minimum Gasteiger partial charge on any atom is -0.479 e. The molecule has 17 heavy (non-hydrogen) atoms. The van der Waals surface area contributed by atoms with E-state index in [4.69, 9.17) is 0 Å². The molecular weight excluding hydrogens is 218 g/mol. The second-order valence-corrected chi connectivity index (χ2v) is 5.50. The Morgan fingerprint density at radius 2 is 1.88 bits per heavy atom. The van der Waals surface area contributed by atoms with Crippen LogP contribution in [0.15, 0.2) is 0 Å². The third kappa shape index (κ3) is 1.94. The average Bonchev–Trinajstić information content (AvgIpc) is 3.04. The van der Waals surface area contributed by atoms with Gasteiger partial charge in [-0.3, -0.25) is 4.79 Å². The molecule has 2 rings (SSSR count). The lowest BCUT2D eigenvalue weighted by atomic mass is 9.72. The van der Waals surface area contributed by atoms with Crippen molar-refractivity contribution in [3.8, 4) is 0 Å². The van der Waals surface area contributed by atoms with Crippen molar-refractivity contribution in [2.24, 2.45) is 5.92 Å². The second kappa shape index (κ2) is 4.31. The van der Waals surface area contributed by atoms with Crippen LogP contribution >= 0.6 is 0 Å². The number of carboxylic acids is 1. The van der Waals surface area contributed by atoms with Crippen LogP contribution in [0, 0.1) is 5.92 Å². The van der Waals surface area contributed by atoms with Crippen LogP contribution in [0.4, 0.5) is 0 Å². The average molecular weight is 239 g/mol. The number of carbonyl (C=O) groups is 2. The van der Waals surface area contributed by atoms with E-state index < -0.39 is 11.5 Å². The largest absolute Gasteiger partial charge is 0.479 e. The molecule has 0 radical (unpaired) electrons. The lowest BCUT2D eigenvalue weighted by molar-refractivity contribution is -0.166. The SMILES string of the molecule is CC(=O)N(C1CC1)C1(C(=O)O)CCCCC1C. The molecule has 1 amide bonds. The Bertz CT molecular complexity index is 338. The fourth-order valence-electron chi connectivity index (χ4n) is 3.31. The molecule has 2 fully saturated rings. The standard InChI is InChI=1S/C13H21NO3/c1-9-5-3-4-8-13(9,12(16)17)14(10(2)15)11-6-7-11/h9,11H,3-8H2,1-2H3,(H,16,17). The Kier molecular flexibility index (Phi) is 3.15. The molecule has 1 N–H and O–H groups in total. The van der Waals surface area contributed by atoms with Crippen molar-refractivity contribution in [3.63, 3.8) is 0 Å². The summed E-state index contributed by atoms with van der Waals surface area (Å²) in [6, 6.07) is 0.171. The summed E-state index contributed by atoms with van der Waals surface area (Å²) in [5, 5.41) is 9.66. The Morgan fingerprint density at radius 1 is 1.24 bits per heavy atom. The first-order valence-corrected chi connectivity index (χ1v) is 6.53. The van der Waals surface area contributed by atoms with Gasteiger partial charge in [-0.2, -0.15) is 0 Å². The zero-order valence-electron chi connectivity index (χ0n) is 10.6. The van der Waals surface area contributed by atoms with Crippen LogP contribution in [0.3, 0.4) is 0 Å². The van der Waals surface area contributed by atoms with E-state index in [0.717, 1.165) is 32.1 Å². The number of amides is 1. The van der Waals surface area contributed by atoms with Gasteiger partial charge in [-0.15, -0.1) is 0 Å². The molecule has 2 aliphatic rings. The van der Waals surface area contributed by atoms with E-state index in [1.165, 1.54) is 6.92 Å². The molecule has 4 heteroatoms. The molecule has 2 aliphatic carbocycles. The number of hydrogen-bond acceptors (Lipinski definition) is 2. The number of rotatable bonds is 3. The molecule has 4 nitrogen and oxygen atoms in total. The maximum Gasteiger partial charge on any atom is 0.329 e. The third-order valence-corrected chi connectivity index (χ3v) is 4.31. The maximum absolute atomic E-state index is 11.8. The topological polar surface area (TPSA) is 57.6 Å². The monoisotopic (exact) mass is 239 g/mol.